The van der Waals surface area contributed by atoms with Crippen molar-refractivity contribution in [3.8, 4) is 0 Å². The number of ether oxygens (including phenoxy) is 1. The molecule has 0 aliphatic heterocycles. The van der Waals surface area contributed by atoms with Crippen molar-refractivity contribution in [1.82, 2.24) is 0 Å². The molecule has 3 heteroatoms. The zero-order chi connectivity index (χ0) is 14.2. The summed E-state index contributed by atoms with van der Waals surface area (Å²) >= 11 is 0. The molecule has 1 atom stereocenters. The molecular weight excluding hydrogens is 250 g/mol. The van der Waals surface area contributed by atoms with Crippen LogP contribution in [0.5, 0.6) is 0 Å². The van der Waals surface area contributed by atoms with Crippen LogP contribution in [0.15, 0.2) is 24.3 Å². The van der Waals surface area contributed by atoms with E-state index in [-0.39, 0.29) is 11.5 Å². The van der Waals surface area contributed by atoms with Crippen molar-refractivity contribution in [3.63, 3.8) is 0 Å². The van der Waals surface area contributed by atoms with Gasteiger partial charge in [-0.05, 0) is 37.3 Å². The summed E-state index contributed by atoms with van der Waals surface area (Å²) in [4.78, 5) is 0. The highest BCUT2D eigenvalue weighted by Gasteiger charge is 2.58. The molecule has 0 heterocycles. The fourth-order valence-electron chi connectivity index (χ4n) is 4.24. The lowest BCUT2D eigenvalue weighted by molar-refractivity contribution is -0.179. The Hall–Kier alpha value is -0.900. The van der Waals surface area contributed by atoms with Crippen LogP contribution in [-0.4, -0.2) is 30.0 Å². The van der Waals surface area contributed by atoms with Gasteiger partial charge in [0, 0.05) is 31.4 Å². The highest BCUT2D eigenvalue weighted by atomic mass is 16.5. The fraction of sp³-hybridized carbons (Fsp3) is 0.647. The Kier molecular flexibility index (Phi) is 3.61. The molecule has 0 bridgehead atoms. The van der Waals surface area contributed by atoms with E-state index in [2.05, 4.69) is 24.3 Å². The number of nitrogens with two attached hydrogens (primary N) is 1. The van der Waals surface area contributed by atoms with Gasteiger partial charge in [0.1, 0.15) is 0 Å². The number of hydrogen-bond acceptors (Lipinski definition) is 3. The van der Waals surface area contributed by atoms with Crippen LogP contribution >= 0.6 is 0 Å². The number of aliphatic hydroxyl groups is 1. The van der Waals surface area contributed by atoms with E-state index in [1.54, 1.807) is 0 Å². The first-order chi connectivity index (χ1) is 9.65. The number of aryl methyl sites for hydroxylation is 1. The number of benzene rings is 1. The minimum atomic E-state index is -0.696. The summed E-state index contributed by atoms with van der Waals surface area (Å²) in [7, 11) is 0. The highest BCUT2D eigenvalue weighted by Crippen LogP contribution is 2.53. The Morgan fingerprint density at radius 2 is 2.10 bits per heavy atom. The highest BCUT2D eigenvalue weighted by molar-refractivity contribution is 5.41. The SMILES string of the molecule is CCOC1CC(O)(C2(CN)CCCc3ccccc32)C1. The van der Waals surface area contributed by atoms with Gasteiger partial charge in [0.25, 0.3) is 0 Å². The molecule has 1 unspecified atom stereocenters. The van der Waals surface area contributed by atoms with Crippen molar-refractivity contribution in [1.29, 1.82) is 0 Å². The van der Waals surface area contributed by atoms with Crippen molar-refractivity contribution < 1.29 is 9.84 Å². The molecule has 110 valence electrons. The van der Waals surface area contributed by atoms with E-state index in [9.17, 15) is 5.11 Å². The number of fused-ring (bicyclic) bond motifs is 1. The fourth-order valence-corrected chi connectivity index (χ4v) is 4.24. The van der Waals surface area contributed by atoms with Crippen LogP contribution < -0.4 is 5.73 Å². The molecule has 1 aromatic carbocycles. The van der Waals surface area contributed by atoms with Gasteiger partial charge in [-0.2, -0.15) is 0 Å². The molecule has 2 aliphatic carbocycles. The molecule has 1 fully saturated rings. The second-order valence-corrected chi connectivity index (χ2v) is 6.31. The third-order valence-corrected chi connectivity index (χ3v) is 5.35. The van der Waals surface area contributed by atoms with Gasteiger partial charge in [-0.1, -0.05) is 24.3 Å². The Balaban J connectivity index is 1.94. The number of rotatable bonds is 4. The van der Waals surface area contributed by atoms with Crippen LogP contribution in [0.1, 0.15) is 43.7 Å². The van der Waals surface area contributed by atoms with E-state index in [0.29, 0.717) is 26.0 Å². The second kappa shape index (κ2) is 5.14. The molecule has 3 nitrogen and oxygen atoms in total. The first kappa shape index (κ1) is 14.1. The normalized spacial score (nSPS) is 36.2. The smallest absolute Gasteiger partial charge is 0.0805 e. The molecule has 3 rings (SSSR count). The van der Waals surface area contributed by atoms with Gasteiger partial charge in [0.05, 0.1) is 11.7 Å². The maximum atomic E-state index is 11.2. The van der Waals surface area contributed by atoms with Crippen LogP contribution in [0.2, 0.25) is 0 Å². The molecule has 2 aliphatic rings. The minimum absolute atomic E-state index is 0.197. The van der Waals surface area contributed by atoms with Crippen LogP contribution in [0, 0.1) is 0 Å². The predicted octanol–water partition coefficient (Wildman–Crippen LogP) is 2.15. The van der Waals surface area contributed by atoms with E-state index in [1.165, 1.54) is 11.1 Å². The minimum Gasteiger partial charge on any atom is -0.389 e. The van der Waals surface area contributed by atoms with Crippen LogP contribution in [0.3, 0.4) is 0 Å². The lowest BCUT2D eigenvalue weighted by Crippen LogP contribution is -2.65. The Morgan fingerprint density at radius 3 is 2.80 bits per heavy atom. The van der Waals surface area contributed by atoms with E-state index in [4.69, 9.17) is 10.5 Å². The quantitative estimate of drug-likeness (QED) is 0.885. The summed E-state index contributed by atoms with van der Waals surface area (Å²) in [6.45, 7) is 3.23. The maximum absolute atomic E-state index is 11.2. The maximum Gasteiger partial charge on any atom is 0.0805 e. The molecule has 0 aromatic heterocycles. The van der Waals surface area contributed by atoms with Gasteiger partial charge in [-0.15, -0.1) is 0 Å². The van der Waals surface area contributed by atoms with Gasteiger partial charge in [0.2, 0.25) is 0 Å². The first-order valence-electron chi connectivity index (χ1n) is 7.77. The largest absolute Gasteiger partial charge is 0.389 e. The summed E-state index contributed by atoms with van der Waals surface area (Å²) in [6, 6.07) is 8.49. The van der Waals surface area contributed by atoms with Crippen molar-refractivity contribution in [3.05, 3.63) is 35.4 Å². The Bertz CT molecular complexity index is 482. The molecule has 1 aromatic rings. The predicted molar refractivity (Wildman–Crippen MR) is 79.7 cm³/mol. The second-order valence-electron chi connectivity index (χ2n) is 6.31. The van der Waals surface area contributed by atoms with E-state index in [0.717, 1.165) is 19.3 Å². The lowest BCUT2D eigenvalue weighted by atomic mass is 9.53. The monoisotopic (exact) mass is 275 g/mol. The zero-order valence-electron chi connectivity index (χ0n) is 12.3. The van der Waals surface area contributed by atoms with Crippen molar-refractivity contribution in [2.45, 2.75) is 56.1 Å². The molecule has 1 saturated carbocycles. The van der Waals surface area contributed by atoms with Crippen LogP contribution in [0.25, 0.3) is 0 Å². The summed E-state index contributed by atoms with van der Waals surface area (Å²) in [5.41, 5.74) is 7.82. The van der Waals surface area contributed by atoms with Crippen LogP contribution in [0.4, 0.5) is 0 Å². The molecule has 0 amide bonds. The van der Waals surface area contributed by atoms with Gasteiger partial charge in [-0.25, -0.2) is 0 Å². The van der Waals surface area contributed by atoms with E-state index >= 15 is 0 Å². The zero-order valence-corrected chi connectivity index (χ0v) is 12.3. The third kappa shape index (κ3) is 1.92. The summed E-state index contributed by atoms with van der Waals surface area (Å²) in [5, 5.41) is 11.2. The standard InChI is InChI=1S/C17H25NO2/c1-2-20-14-10-17(19,11-14)16(12-18)9-5-7-13-6-3-4-8-15(13)16/h3-4,6,8,14,19H,2,5,7,9-12,18H2,1H3. The Labute approximate surface area is 121 Å². The van der Waals surface area contributed by atoms with Gasteiger partial charge in [0.15, 0.2) is 0 Å². The van der Waals surface area contributed by atoms with Gasteiger partial charge in [-0.3, -0.25) is 0 Å². The molecular formula is C17H25NO2. The van der Waals surface area contributed by atoms with Gasteiger partial charge >= 0.3 is 0 Å². The molecule has 20 heavy (non-hydrogen) atoms. The summed E-state index contributed by atoms with van der Waals surface area (Å²) in [5.74, 6) is 0. The summed E-state index contributed by atoms with van der Waals surface area (Å²) in [6.07, 6.45) is 4.82. The number of hydrogen-bond donors (Lipinski definition) is 2. The summed E-state index contributed by atoms with van der Waals surface area (Å²) < 4.78 is 5.64. The average Bonchev–Trinajstić information content (AvgIpc) is 2.45. The average molecular weight is 275 g/mol. The van der Waals surface area contributed by atoms with Crippen molar-refractivity contribution in [2.75, 3.05) is 13.2 Å². The van der Waals surface area contributed by atoms with Crippen molar-refractivity contribution >= 4 is 0 Å². The molecule has 0 radical (unpaired) electrons. The first-order valence-corrected chi connectivity index (χ1v) is 7.77. The van der Waals surface area contributed by atoms with Crippen LogP contribution in [-0.2, 0) is 16.6 Å². The topological polar surface area (TPSA) is 55.5 Å². The Morgan fingerprint density at radius 1 is 1.35 bits per heavy atom. The molecule has 0 spiro atoms. The lowest BCUT2D eigenvalue weighted by Gasteiger charge is -2.57. The van der Waals surface area contributed by atoms with Crippen molar-refractivity contribution in [2.24, 2.45) is 5.73 Å². The third-order valence-electron chi connectivity index (χ3n) is 5.35. The van der Waals surface area contributed by atoms with Gasteiger partial charge < -0.3 is 15.6 Å². The molecule has 0 saturated heterocycles. The van der Waals surface area contributed by atoms with E-state index < -0.39 is 5.60 Å². The molecule has 3 N–H and O–H groups in total. The van der Waals surface area contributed by atoms with E-state index in [1.807, 2.05) is 6.92 Å².